The first-order chi connectivity index (χ1) is 14.4. The van der Waals surface area contributed by atoms with Crippen LogP contribution < -0.4 is 14.8 Å². The van der Waals surface area contributed by atoms with Crippen LogP contribution in [0.1, 0.15) is 16.7 Å². The Kier molecular flexibility index (Phi) is 7.12. The highest BCUT2D eigenvalue weighted by Gasteiger charge is 2.26. The maximum absolute atomic E-state index is 12.6. The Bertz CT molecular complexity index is 1030. The van der Waals surface area contributed by atoms with Crippen molar-refractivity contribution in [3.05, 3.63) is 65.2 Å². The lowest BCUT2D eigenvalue weighted by atomic mass is 10.0. The number of hydrogen-bond acceptors (Lipinski definition) is 5. The summed E-state index contributed by atoms with van der Waals surface area (Å²) in [6.45, 7) is 0.897. The Hall–Kier alpha value is -2.84. The molecule has 0 radical (unpaired) electrons. The van der Waals surface area contributed by atoms with Crippen LogP contribution in [0.25, 0.3) is 6.08 Å². The van der Waals surface area contributed by atoms with E-state index in [4.69, 9.17) is 9.47 Å². The van der Waals surface area contributed by atoms with Crippen LogP contribution in [-0.4, -0.2) is 51.7 Å². The summed E-state index contributed by atoms with van der Waals surface area (Å²) in [5, 5.41) is 2.63. The second kappa shape index (κ2) is 9.77. The van der Waals surface area contributed by atoms with E-state index in [0.29, 0.717) is 31.0 Å². The second-order valence-electron chi connectivity index (χ2n) is 6.91. The molecule has 3 rings (SSSR count). The monoisotopic (exact) mass is 430 g/mol. The molecular formula is C22H26N2O5S. The number of carbonyl (C=O) groups is 1. The molecule has 2 aromatic rings. The van der Waals surface area contributed by atoms with Gasteiger partial charge in [0, 0.05) is 25.7 Å². The van der Waals surface area contributed by atoms with Crippen molar-refractivity contribution >= 4 is 22.0 Å². The van der Waals surface area contributed by atoms with Gasteiger partial charge in [0.2, 0.25) is 15.9 Å². The molecule has 160 valence electrons. The Balaban J connectivity index is 1.51. The molecule has 1 N–H and O–H groups in total. The highest BCUT2D eigenvalue weighted by atomic mass is 32.2. The first-order valence-electron chi connectivity index (χ1n) is 9.65. The molecule has 7 nitrogen and oxygen atoms in total. The van der Waals surface area contributed by atoms with Crippen molar-refractivity contribution < 1.29 is 22.7 Å². The van der Waals surface area contributed by atoms with Crippen molar-refractivity contribution in [1.82, 2.24) is 9.62 Å². The van der Waals surface area contributed by atoms with Crippen LogP contribution in [0.15, 0.2) is 48.5 Å². The van der Waals surface area contributed by atoms with Gasteiger partial charge in [-0.25, -0.2) is 8.42 Å². The number of hydrogen-bond donors (Lipinski definition) is 1. The molecule has 8 heteroatoms. The molecule has 0 saturated heterocycles. The zero-order valence-corrected chi connectivity index (χ0v) is 17.9. The lowest BCUT2D eigenvalue weighted by Gasteiger charge is -2.28. The fraction of sp³-hybridized carbons (Fsp3) is 0.318. The summed E-state index contributed by atoms with van der Waals surface area (Å²) in [6, 6.07) is 13.2. The van der Waals surface area contributed by atoms with Crippen molar-refractivity contribution in [2.45, 2.75) is 13.0 Å². The second-order valence-corrected chi connectivity index (χ2v) is 9.00. The first kappa shape index (κ1) is 21.9. The summed E-state index contributed by atoms with van der Waals surface area (Å²) >= 11 is 0. The highest BCUT2D eigenvalue weighted by Crippen LogP contribution is 2.28. The summed E-state index contributed by atoms with van der Waals surface area (Å²) < 4.78 is 37.1. The SMILES string of the molecule is COc1ccc(/C=C/C(=O)NCCS(=O)(=O)N2CCc3ccccc3C2)cc1OC. The number of ether oxygens (including phenoxy) is 2. The van der Waals surface area contributed by atoms with Crippen LogP contribution in [0.2, 0.25) is 0 Å². The number of nitrogens with zero attached hydrogens (tertiary/aromatic N) is 1. The molecule has 1 heterocycles. The largest absolute Gasteiger partial charge is 0.493 e. The molecule has 0 aliphatic carbocycles. The quantitative estimate of drug-likeness (QED) is 0.649. The number of amides is 1. The predicted octanol–water partition coefficient (Wildman–Crippen LogP) is 2.22. The summed E-state index contributed by atoms with van der Waals surface area (Å²) in [7, 11) is -0.347. The number of benzene rings is 2. The van der Waals surface area contributed by atoms with E-state index in [1.807, 2.05) is 24.3 Å². The smallest absolute Gasteiger partial charge is 0.244 e. The number of rotatable bonds is 8. The van der Waals surface area contributed by atoms with Gasteiger partial charge >= 0.3 is 0 Å². The van der Waals surface area contributed by atoms with Crippen molar-refractivity contribution in [3.63, 3.8) is 0 Å². The molecule has 30 heavy (non-hydrogen) atoms. The van der Waals surface area contributed by atoms with E-state index in [1.54, 1.807) is 38.5 Å². The Morgan fingerprint density at radius 2 is 1.83 bits per heavy atom. The molecule has 0 spiro atoms. The molecular weight excluding hydrogens is 404 g/mol. The number of nitrogens with one attached hydrogen (secondary N) is 1. The van der Waals surface area contributed by atoms with Gasteiger partial charge in [-0.3, -0.25) is 4.79 Å². The zero-order chi connectivity index (χ0) is 21.6. The van der Waals surface area contributed by atoms with Crippen molar-refractivity contribution in [3.8, 4) is 11.5 Å². The van der Waals surface area contributed by atoms with Gasteiger partial charge in [0.15, 0.2) is 11.5 Å². The summed E-state index contributed by atoms with van der Waals surface area (Å²) in [5.41, 5.74) is 2.99. The lowest BCUT2D eigenvalue weighted by Crippen LogP contribution is -2.40. The maximum atomic E-state index is 12.6. The van der Waals surface area contributed by atoms with Gasteiger partial charge in [-0.2, -0.15) is 4.31 Å². The van der Waals surface area contributed by atoms with Gasteiger partial charge in [0.25, 0.3) is 0 Å². The van der Waals surface area contributed by atoms with Gasteiger partial charge < -0.3 is 14.8 Å². The minimum Gasteiger partial charge on any atom is -0.493 e. The van der Waals surface area contributed by atoms with Crippen LogP contribution in [0, 0.1) is 0 Å². The minimum atomic E-state index is -3.44. The number of methoxy groups -OCH3 is 2. The molecule has 0 unspecified atom stereocenters. The molecule has 0 bridgehead atoms. The normalized spacial score (nSPS) is 14.3. The van der Waals surface area contributed by atoms with E-state index in [0.717, 1.165) is 11.1 Å². The van der Waals surface area contributed by atoms with E-state index in [-0.39, 0.29) is 18.2 Å². The van der Waals surface area contributed by atoms with Gasteiger partial charge in [-0.1, -0.05) is 30.3 Å². The third-order valence-electron chi connectivity index (χ3n) is 4.98. The van der Waals surface area contributed by atoms with E-state index in [2.05, 4.69) is 5.32 Å². The summed E-state index contributed by atoms with van der Waals surface area (Å²) in [6.07, 6.45) is 3.70. The summed E-state index contributed by atoms with van der Waals surface area (Å²) in [4.78, 5) is 12.1. The number of carbonyl (C=O) groups excluding carboxylic acids is 1. The highest BCUT2D eigenvalue weighted by molar-refractivity contribution is 7.89. The van der Waals surface area contributed by atoms with E-state index >= 15 is 0 Å². The molecule has 0 atom stereocenters. The van der Waals surface area contributed by atoms with Gasteiger partial charge in [0.05, 0.1) is 20.0 Å². The fourth-order valence-electron chi connectivity index (χ4n) is 3.33. The Morgan fingerprint density at radius 1 is 1.10 bits per heavy atom. The van der Waals surface area contributed by atoms with E-state index < -0.39 is 10.0 Å². The molecule has 0 saturated carbocycles. The van der Waals surface area contributed by atoms with Crippen molar-refractivity contribution in [2.24, 2.45) is 0 Å². The van der Waals surface area contributed by atoms with Gasteiger partial charge in [-0.05, 0) is 41.3 Å². The van der Waals surface area contributed by atoms with Crippen molar-refractivity contribution in [2.75, 3.05) is 33.1 Å². The summed E-state index contributed by atoms with van der Waals surface area (Å²) in [5.74, 6) is 0.674. The average Bonchev–Trinajstić information content (AvgIpc) is 2.77. The average molecular weight is 431 g/mol. The van der Waals surface area contributed by atoms with E-state index in [1.165, 1.54) is 15.9 Å². The van der Waals surface area contributed by atoms with Crippen LogP contribution in [0.3, 0.4) is 0 Å². The van der Waals surface area contributed by atoms with Crippen LogP contribution in [0.4, 0.5) is 0 Å². The molecule has 2 aromatic carbocycles. The van der Waals surface area contributed by atoms with E-state index in [9.17, 15) is 13.2 Å². The van der Waals surface area contributed by atoms with Crippen LogP contribution in [0.5, 0.6) is 11.5 Å². The molecule has 1 aliphatic rings. The topological polar surface area (TPSA) is 84.9 Å². The Labute approximate surface area is 177 Å². The number of sulfonamides is 1. The maximum Gasteiger partial charge on any atom is 0.244 e. The number of fused-ring (bicyclic) bond motifs is 1. The molecule has 0 aromatic heterocycles. The molecule has 0 fully saturated rings. The van der Waals surface area contributed by atoms with Gasteiger partial charge in [-0.15, -0.1) is 0 Å². The van der Waals surface area contributed by atoms with Crippen LogP contribution in [-0.2, 0) is 27.8 Å². The lowest BCUT2D eigenvalue weighted by molar-refractivity contribution is -0.116. The van der Waals surface area contributed by atoms with Gasteiger partial charge in [0.1, 0.15) is 0 Å². The predicted molar refractivity (Wildman–Crippen MR) is 116 cm³/mol. The third kappa shape index (κ3) is 5.40. The fourth-order valence-corrected chi connectivity index (χ4v) is 4.65. The minimum absolute atomic E-state index is 0.0512. The van der Waals surface area contributed by atoms with Crippen molar-refractivity contribution in [1.29, 1.82) is 0 Å². The zero-order valence-electron chi connectivity index (χ0n) is 17.1. The third-order valence-corrected chi connectivity index (χ3v) is 6.80. The standard InChI is InChI=1S/C22H26N2O5S/c1-28-20-9-7-17(15-21(20)29-2)8-10-22(25)23-12-14-30(26,27)24-13-11-18-5-3-4-6-19(18)16-24/h3-10,15H,11-14,16H2,1-2H3,(H,23,25)/b10-8+. The van der Waals surface area contributed by atoms with Crippen LogP contribution >= 0.6 is 0 Å². The Morgan fingerprint density at radius 3 is 2.57 bits per heavy atom. The molecule has 1 amide bonds. The first-order valence-corrected chi connectivity index (χ1v) is 11.3. The molecule has 1 aliphatic heterocycles.